The first-order chi connectivity index (χ1) is 8.76. The standard InChI is InChI=1S/C14H27N3O/c15-12-14(5-2-1-3-6-14)11-13(18)17-9-4-7-16-8-10-17/h16H,1-12,15H2. The van der Waals surface area contributed by atoms with E-state index in [1.807, 2.05) is 4.90 Å². The lowest BCUT2D eigenvalue weighted by atomic mass is 9.71. The molecule has 3 N–H and O–H groups in total. The van der Waals surface area contributed by atoms with Crippen molar-refractivity contribution in [2.45, 2.75) is 44.9 Å². The molecule has 1 saturated heterocycles. The minimum Gasteiger partial charge on any atom is -0.341 e. The van der Waals surface area contributed by atoms with E-state index < -0.39 is 0 Å². The maximum absolute atomic E-state index is 12.4. The molecule has 0 aromatic heterocycles. The minimum atomic E-state index is 0.106. The summed E-state index contributed by atoms with van der Waals surface area (Å²) in [6, 6.07) is 0. The molecule has 104 valence electrons. The van der Waals surface area contributed by atoms with Gasteiger partial charge >= 0.3 is 0 Å². The van der Waals surface area contributed by atoms with Crippen LogP contribution in [0.1, 0.15) is 44.9 Å². The first-order valence-corrected chi connectivity index (χ1v) is 7.44. The van der Waals surface area contributed by atoms with Gasteiger partial charge in [0.15, 0.2) is 0 Å². The maximum Gasteiger partial charge on any atom is 0.223 e. The summed E-state index contributed by atoms with van der Waals surface area (Å²) < 4.78 is 0. The van der Waals surface area contributed by atoms with Crippen LogP contribution in [0.25, 0.3) is 0 Å². The summed E-state index contributed by atoms with van der Waals surface area (Å²) in [5.74, 6) is 0.325. The van der Waals surface area contributed by atoms with Gasteiger partial charge in [-0.1, -0.05) is 19.3 Å². The molecule has 0 aromatic carbocycles. The largest absolute Gasteiger partial charge is 0.341 e. The zero-order valence-electron chi connectivity index (χ0n) is 11.4. The summed E-state index contributed by atoms with van der Waals surface area (Å²) in [5.41, 5.74) is 6.07. The lowest BCUT2D eigenvalue weighted by molar-refractivity contribution is -0.134. The summed E-state index contributed by atoms with van der Waals surface area (Å²) in [6.07, 6.45) is 7.81. The van der Waals surface area contributed by atoms with Crippen molar-refractivity contribution in [1.82, 2.24) is 10.2 Å². The zero-order chi connectivity index (χ0) is 12.8. The lowest BCUT2D eigenvalue weighted by Gasteiger charge is -2.37. The van der Waals surface area contributed by atoms with Gasteiger partial charge in [0.05, 0.1) is 0 Å². The highest BCUT2D eigenvalue weighted by atomic mass is 16.2. The molecular weight excluding hydrogens is 226 g/mol. The van der Waals surface area contributed by atoms with E-state index in [9.17, 15) is 4.79 Å². The molecule has 4 nitrogen and oxygen atoms in total. The third-order valence-corrected chi connectivity index (χ3v) is 4.57. The fourth-order valence-corrected chi connectivity index (χ4v) is 3.28. The number of hydrogen-bond donors (Lipinski definition) is 2. The van der Waals surface area contributed by atoms with Crippen molar-refractivity contribution < 1.29 is 4.79 Å². The summed E-state index contributed by atoms with van der Waals surface area (Å²) >= 11 is 0. The van der Waals surface area contributed by atoms with Crippen LogP contribution in [0.5, 0.6) is 0 Å². The van der Waals surface area contributed by atoms with E-state index in [0.717, 1.165) is 45.4 Å². The Labute approximate surface area is 110 Å². The molecule has 0 bridgehead atoms. The molecule has 1 aliphatic carbocycles. The molecule has 18 heavy (non-hydrogen) atoms. The number of carbonyl (C=O) groups is 1. The average molecular weight is 253 g/mol. The number of hydrogen-bond acceptors (Lipinski definition) is 3. The Morgan fingerprint density at radius 1 is 1.11 bits per heavy atom. The van der Waals surface area contributed by atoms with Crippen LogP contribution >= 0.6 is 0 Å². The Hall–Kier alpha value is -0.610. The van der Waals surface area contributed by atoms with Gasteiger partial charge in [-0.3, -0.25) is 4.79 Å². The molecule has 2 fully saturated rings. The van der Waals surface area contributed by atoms with Gasteiger partial charge in [0.2, 0.25) is 5.91 Å². The van der Waals surface area contributed by atoms with Gasteiger partial charge in [-0.25, -0.2) is 0 Å². The van der Waals surface area contributed by atoms with Crippen molar-refractivity contribution >= 4 is 5.91 Å². The number of carbonyl (C=O) groups excluding carboxylic acids is 1. The highest BCUT2D eigenvalue weighted by molar-refractivity contribution is 5.77. The third kappa shape index (κ3) is 3.45. The Balaban J connectivity index is 1.91. The van der Waals surface area contributed by atoms with Crippen molar-refractivity contribution in [2.24, 2.45) is 11.1 Å². The first-order valence-electron chi connectivity index (χ1n) is 7.44. The minimum absolute atomic E-state index is 0.106. The first kappa shape index (κ1) is 13.8. The molecule has 2 rings (SSSR count). The molecule has 0 unspecified atom stereocenters. The second-order valence-corrected chi connectivity index (χ2v) is 5.93. The van der Waals surface area contributed by atoms with Crippen LogP contribution in [0.4, 0.5) is 0 Å². The van der Waals surface area contributed by atoms with E-state index in [1.54, 1.807) is 0 Å². The van der Waals surface area contributed by atoms with Crippen molar-refractivity contribution in [1.29, 1.82) is 0 Å². The zero-order valence-corrected chi connectivity index (χ0v) is 11.4. The molecule has 0 aromatic rings. The Kier molecular flexibility index (Phi) is 5.01. The number of nitrogens with one attached hydrogen (secondary N) is 1. The van der Waals surface area contributed by atoms with Crippen LogP contribution in [0.15, 0.2) is 0 Å². The molecule has 1 aliphatic heterocycles. The van der Waals surface area contributed by atoms with E-state index in [-0.39, 0.29) is 5.41 Å². The van der Waals surface area contributed by atoms with Gasteiger partial charge in [-0.2, -0.15) is 0 Å². The van der Waals surface area contributed by atoms with Crippen LogP contribution in [-0.4, -0.2) is 43.5 Å². The van der Waals surface area contributed by atoms with Crippen molar-refractivity contribution in [3.8, 4) is 0 Å². The molecule has 0 atom stereocenters. The summed E-state index contributed by atoms with van der Waals surface area (Å²) in [4.78, 5) is 14.5. The SMILES string of the molecule is NCC1(CC(=O)N2CCCNCC2)CCCCC1. The van der Waals surface area contributed by atoms with Crippen LogP contribution in [0.3, 0.4) is 0 Å². The molecule has 1 saturated carbocycles. The molecule has 0 spiro atoms. The van der Waals surface area contributed by atoms with Crippen LogP contribution in [-0.2, 0) is 4.79 Å². The molecular formula is C14H27N3O. The van der Waals surface area contributed by atoms with Crippen molar-refractivity contribution in [3.63, 3.8) is 0 Å². The fourth-order valence-electron chi connectivity index (χ4n) is 3.28. The van der Waals surface area contributed by atoms with E-state index in [2.05, 4.69) is 5.32 Å². The van der Waals surface area contributed by atoms with Gasteiger partial charge in [-0.05, 0) is 37.8 Å². The van der Waals surface area contributed by atoms with Crippen molar-refractivity contribution in [2.75, 3.05) is 32.7 Å². The predicted octanol–water partition coefficient (Wildman–Crippen LogP) is 1.11. The van der Waals surface area contributed by atoms with Gasteiger partial charge in [0.25, 0.3) is 0 Å². The van der Waals surface area contributed by atoms with Gasteiger partial charge < -0.3 is 16.0 Å². The van der Waals surface area contributed by atoms with Crippen molar-refractivity contribution in [3.05, 3.63) is 0 Å². The number of amides is 1. The third-order valence-electron chi connectivity index (χ3n) is 4.57. The second-order valence-electron chi connectivity index (χ2n) is 5.93. The molecule has 1 amide bonds. The summed E-state index contributed by atoms with van der Waals surface area (Å²) in [7, 11) is 0. The normalized spacial score (nSPS) is 24.6. The summed E-state index contributed by atoms with van der Waals surface area (Å²) in [6.45, 7) is 4.41. The monoisotopic (exact) mass is 253 g/mol. The smallest absolute Gasteiger partial charge is 0.223 e. The Bertz CT molecular complexity index is 266. The molecule has 0 radical (unpaired) electrons. The van der Waals surface area contributed by atoms with Gasteiger partial charge in [0, 0.05) is 26.1 Å². The highest BCUT2D eigenvalue weighted by Crippen LogP contribution is 2.38. The average Bonchev–Trinajstić information content (AvgIpc) is 2.68. The molecule has 4 heteroatoms. The van der Waals surface area contributed by atoms with Crippen LogP contribution in [0.2, 0.25) is 0 Å². The van der Waals surface area contributed by atoms with Gasteiger partial charge in [0.1, 0.15) is 0 Å². The van der Waals surface area contributed by atoms with E-state index >= 15 is 0 Å². The van der Waals surface area contributed by atoms with E-state index in [1.165, 1.54) is 19.3 Å². The molecule has 2 aliphatic rings. The fraction of sp³-hybridized carbons (Fsp3) is 0.929. The van der Waals surface area contributed by atoms with Crippen LogP contribution in [0, 0.1) is 5.41 Å². The number of rotatable bonds is 3. The Morgan fingerprint density at radius 3 is 2.61 bits per heavy atom. The van der Waals surface area contributed by atoms with Gasteiger partial charge in [-0.15, -0.1) is 0 Å². The predicted molar refractivity (Wildman–Crippen MR) is 73.3 cm³/mol. The van der Waals surface area contributed by atoms with E-state index in [4.69, 9.17) is 5.73 Å². The lowest BCUT2D eigenvalue weighted by Crippen LogP contribution is -2.41. The number of nitrogens with two attached hydrogens (primary N) is 1. The molecule has 1 heterocycles. The quantitative estimate of drug-likeness (QED) is 0.792. The topological polar surface area (TPSA) is 58.4 Å². The van der Waals surface area contributed by atoms with Crippen LogP contribution < -0.4 is 11.1 Å². The second kappa shape index (κ2) is 6.53. The summed E-state index contributed by atoms with van der Waals surface area (Å²) in [5, 5.41) is 3.34. The number of nitrogens with zero attached hydrogens (tertiary/aromatic N) is 1. The Morgan fingerprint density at radius 2 is 1.89 bits per heavy atom. The highest BCUT2D eigenvalue weighted by Gasteiger charge is 2.34. The maximum atomic E-state index is 12.4. The van der Waals surface area contributed by atoms with E-state index in [0.29, 0.717) is 18.9 Å².